The highest BCUT2D eigenvalue weighted by Gasteiger charge is 2.15. The third-order valence-electron chi connectivity index (χ3n) is 2.42. The lowest BCUT2D eigenvalue weighted by atomic mass is 10.2. The van der Waals surface area contributed by atoms with Gasteiger partial charge >= 0.3 is 6.09 Å². The van der Waals surface area contributed by atoms with Crippen LogP contribution in [0.1, 0.15) is 31.1 Å². The van der Waals surface area contributed by atoms with Gasteiger partial charge in [-0.25, -0.2) is 4.79 Å². The normalized spacial score (nSPS) is 10.7. The summed E-state index contributed by atoms with van der Waals surface area (Å²) >= 11 is 0. The minimum absolute atomic E-state index is 0.0804. The topological polar surface area (TPSA) is 111 Å². The zero-order valence-corrected chi connectivity index (χ0v) is 12.7. The van der Waals surface area contributed by atoms with E-state index in [-0.39, 0.29) is 24.7 Å². The van der Waals surface area contributed by atoms with Gasteiger partial charge in [-0.05, 0) is 32.9 Å². The van der Waals surface area contributed by atoms with Crippen molar-refractivity contribution in [3.05, 3.63) is 39.9 Å². The zero-order valence-electron chi connectivity index (χ0n) is 12.7. The second-order valence-electron chi connectivity index (χ2n) is 5.49. The minimum atomic E-state index is -0.577. The Hall–Kier alpha value is -2.64. The van der Waals surface area contributed by atoms with E-state index in [2.05, 4.69) is 10.6 Å². The highest BCUT2D eigenvalue weighted by Crippen LogP contribution is 2.11. The molecular weight excluding hydrogens is 290 g/mol. The van der Waals surface area contributed by atoms with E-state index < -0.39 is 16.6 Å². The SMILES string of the molecule is CC(C)(C)OC(=O)NCCNC(=O)c1ccc([N+](=O)[O-])cc1. The molecule has 0 saturated heterocycles. The Balaban J connectivity index is 2.34. The Morgan fingerprint density at radius 2 is 1.68 bits per heavy atom. The molecule has 0 saturated carbocycles. The molecule has 1 aromatic rings. The van der Waals surface area contributed by atoms with E-state index in [0.29, 0.717) is 5.56 Å². The van der Waals surface area contributed by atoms with E-state index in [0.717, 1.165) is 0 Å². The summed E-state index contributed by atoms with van der Waals surface area (Å²) in [6, 6.07) is 5.26. The van der Waals surface area contributed by atoms with Crippen molar-refractivity contribution in [2.24, 2.45) is 0 Å². The molecule has 0 spiro atoms. The molecule has 2 N–H and O–H groups in total. The standard InChI is InChI=1S/C14H19N3O5/c1-14(2,3)22-13(19)16-9-8-15-12(18)10-4-6-11(7-5-10)17(20)21/h4-7H,8-9H2,1-3H3,(H,15,18)(H,16,19). The van der Waals surface area contributed by atoms with E-state index in [1.54, 1.807) is 20.8 Å². The first-order valence-electron chi connectivity index (χ1n) is 6.68. The third-order valence-corrected chi connectivity index (χ3v) is 2.42. The summed E-state index contributed by atoms with van der Waals surface area (Å²) in [5.74, 6) is -0.374. The molecule has 0 aliphatic carbocycles. The lowest BCUT2D eigenvalue weighted by Gasteiger charge is -2.19. The van der Waals surface area contributed by atoms with Gasteiger partial charge in [-0.3, -0.25) is 14.9 Å². The molecule has 1 rings (SSSR count). The number of ether oxygens (including phenoxy) is 1. The Labute approximate surface area is 128 Å². The van der Waals surface area contributed by atoms with Crippen molar-refractivity contribution in [1.82, 2.24) is 10.6 Å². The van der Waals surface area contributed by atoms with Crippen molar-refractivity contribution in [2.75, 3.05) is 13.1 Å². The number of hydrogen-bond donors (Lipinski definition) is 2. The predicted molar refractivity (Wildman–Crippen MR) is 79.7 cm³/mol. The van der Waals surface area contributed by atoms with E-state index in [1.807, 2.05) is 0 Å². The number of nitrogens with one attached hydrogen (secondary N) is 2. The largest absolute Gasteiger partial charge is 0.444 e. The first kappa shape index (κ1) is 17.4. The van der Waals surface area contributed by atoms with Gasteiger partial charge in [0.2, 0.25) is 0 Å². The molecule has 0 atom stereocenters. The van der Waals surface area contributed by atoms with Gasteiger partial charge in [0.15, 0.2) is 0 Å². The van der Waals surface area contributed by atoms with Crippen LogP contribution in [0.3, 0.4) is 0 Å². The van der Waals surface area contributed by atoms with E-state index >= 15 is 0 Å². The number of amides is 2. The second kappa shape index (κ2) is 7.39. The third kappa shape index (κ3) is 6.21. The Morgan fingerprint density at radius 3 is 2.18 bits per heavy atom. The van der Waals surface area contributed by atoms with Crippen molar-refractivity contribution in [1.29, 1.82) is 0 Å². The molecule has 0 heterocycles. The average Bonchev–Trinajstić information content (AvgIpc) is 2.41. The lowest BCUT2D eigenvalue weighted by molar-refractivity contribution is -0.384. The number of carbonyl (C=O) groups is 2. The predicted octanol–water partition coefficient (Wildman–Crippen LogP) is 1.85. The number of nitro benzene ring substituents is 1. The molecule has 2 amide bonds. The summed E-state index contributed by atoms with van der Waals surface area (Å²) < 4.78 is 5.04. The molecule has 120 valence electrons. The van der Waals surface area contributed by atoms with Crippen molar-refractivity contribution in [3.63, 3.8) is 0 Å². The summed E-state index contributed by atoms with van der Waals surface area (Å²) in [6.07, 6.45) is -0.558. The molecule has 0 bridgehead atoms. The van der Waals surface area contributed by atoms with Crippen molar-refractivity contribution < 1.29 is 19.2 Å². The summed E-state index contributed by atoms with van der Waals surface area (Å²) in [5, 5.41) is 15.6. The molecule has 0 aromatic heterocycles. The number of non-ortho nitro benzene ring substituents is 1. The molecule has 22 heavy (non-hydrogen) atoms. The zero-order chi connectivity index (χ0) is 16.8. The van der Waals surface area contributed by atoms with Crippen LogP contribution < -0.4 is 10.6 Å². The van der Waals surface area contributed by atoms with Gasteiger partial charge in [-0.2, -0.15) is 0 Å². The second-order valence-corrected chi connectivity index (χ2v) is 5.49. The van der Waals surface area contributed by atoms with E-state index in [4.69, 9.17) is 4.74 Å². The molecular formula is C14H19N3O5. The molecule has 0 unspecified atom stereocenters. The highest BCUT2D eigenvalue weighted by molar-refractivity contribution is 5.94. The van der Waals surface area contributed by atoms with E-state index in [1.165, 1.54) is 24.3 Å². The number of hydrogen-bond acceptors (Lipinski definition) is 5. The summed E-state index contributed by atoms with van der Waals surface area (Å²) in [5.41, 5.74) is -0.350. The molecule has 1 aromatic carbocycles. The number of nitro groups is 1. The Morgan fingerprint density at radius 1 is 1.14 bits per heavy atom. The Kier molecular flexibility index (Phi) is 5.85. The van der Waals surface area contributed by atoms with Gasteiger partial charge in [0.05, 0.1) is 4.92 Å². The first-order chi connectivity index (χ1) is 10.2. The number of carbonyl (C=O) groups excluding carboxylic acids is 2. The fourth-order valence-corrected chi connectivity index (χ4v) is 1.49. The maximum Gasteiger partial charge on any atom is 0.407 e. The molecule has 0 fully saturated rings. The van der Waals surface area contributed by atoms with Gasteiger partial charge in [0.1, 0.15) is 5.60 Å². The first-order valence-corrected chi connectivity index (χ1v) is 6.68. The molecule has 0 aliphatic heterocycles. The summed E-state index contributed by atoms with van der Waals surface area (Å²) in [4.78, 5) is 33.1. The van der Waals surface area contributed by atoms with Crippen LogP contribution in [-0.2, 0) is 4.74 Å². The lowest BCUT2D eigenvalue weighted by Crippen LogP contribution is -2.37. The summed E-state index contributed by atoms with van der Waals surface area (Å²) in [7, 11) is 0. The maximum atomic E-state index is 11.8. The van der Waals surface area contributed by atoms with Crippen LogP contribution in [0.4, 0.5) is 10.5 Å². The highest BCUT2D eigenvalue weighted by atomic mass is 16.6. The van der Waals surface area contributed by atoms with Crippen LogP contribution in [0, 0.1) is 10.1 Å². The van der Waals surface area contributed by atoms with Crippen LogP contribution >= 0.6 is 0 Å². The Bertz CT molecular complexity index is 549. The number of alkyl carbamates (subject to hydrolysis) is 1. The van der Waals surface area contributed by atoms with Crippen LogP contribution in [0.15, 0.2) is 24.3 Å². The van der Waals surface area contributed by atoms with Gasteiger partial charge in [0.25, 0.3) is 11.6 Å². The fraction of sp³-hybridized carbons (Fsp3) is 0.429. The van der Waals surface area contributed by atoms with Crippen LogP contribution in [0.2, 0.25) is 0 Å². The van der Waals surface area contributed by atoms with Gasteiger partial charge in [-0.15, -0.1) is 0 Å². The van der Waals surface area contributed by atoms with Gasteiger partial charge in [-0.1, -0.05) is 0 Å². The van der Waals surface area contributed by atoms with Gasteiger partial charge < -0.3 is 15.4 Å². The monoisotopic (exact) mass is 309 g/mol. The maximum absolute atomic E-state index is 11.8. The van der Waals surface area contributed by atoms with Crippen molar-refractivity contribution in [3.8, 4) is 0 Å². The van der Waals surface area contributed by atoms with Gasteiger partial charge in [0, 0.05) is 30.8 Å². The van der Waals surface area contributed by atoms with Crippen LogP contribution in [0.5, 0.6) is 0 Å². The minimum Gasteiger partial charge on any atom is -0.444 e. The molecule has 0 radical (unpaired) electrons. The summed E-state index contributed by atoms with van der Waals surface area (Å²) in [6.45, 7) is 5.69. The molecule has 0 aliphatic rings. The van der Waals surface area contributed by atoms with Crippen molar-refractivity contribution in [2.45, 2.75) is 26.4 Å². The van der Waals surface area contributed by atoms with E-state index in [9.17, 15) is 19.7 Å². The smallest absolute Gasteiger partial charge is 0.407 e. The average molecular weight is 309 g/mol. The quantitative estimate of drug-likeness (QED) is 0.490. The van der Waals surface area contributed by atoms with Crippen LogP contribution in [-0.4, -0.2) is 35.6 Å². The van der Waals surface area contributed by atoms with Crippen LogP contribution in [0.25, 0.3) is 0 Å². The van der Waals surface area contributed by atoms with Crippen molar-refractivity contribution >= 4 is 17.7 Å². The number of benzene rings is 1. The number of nitrogens with zero attached hydrogens (tertiary/aromatic N) is 1. The fourth-order valence-electron chi connectivity index (χ4n) is 1.49. The molecule has 8 heteroatoms. The number of rotatable bonds is 5. The molecule has 8 nitrogen and oxygen atoms in total.